The summed E-state index contributed by atoms with van der Waals surface area (Å²) in [5.41, 5.74) is 3.52. The molecule has 9 heteroatoms. The minimum atomic E-state index is -0.375. The molecule has 1 saturated heterocycles. The van der Waals surface area contributed by atoms with Crippen molar-refractivity contribution in [3.05, 3.63) is 64.1 Å². The van der Waals surface area contributed by atoms with Crippen molar-refractivity contribution in [2.75, 3.05) is 43.4 Å². The third-order valence-corrected chi connectivity index (χ3v) is 6.83. The number of fused-ring (bicyclic) bond motifs is 2. The summed E-state index contributed by atoms with van der Waals surface area (Å²) in [6.45, 7) is 3.77. The Balaban J connectivity index is 1.16. The second kappa shape index (κ2) is 8.32. The molecule has 0 amide bonds. The molecule has 8 nitrogen and oxygen atoms in total. The van der Waals surface area contributed by atoms with Crippen molar-refractivity contribution in [2.24, 2.45) is 0 Å². The number of nitrogens with one attached hydrogen (secondary N) is 2. The first-order valence-corrected chi connectivity index (χ1v) is 11.7. The molecule has 0 bridgehead atoms. The van der Waals surface area contributed by atoms with Crippen molar-refractivity contribution in [3.63, 3.8) is 0 Å². The van der Waals surface area contributed by atoms with Crippen LogP contribution in [-0.2, 0) is 6.54 Å². The Labute approximate surface area is 195 Å². The zero-order chi connectivity index (χ0) is 23.2. The van der Waals surface area contributed by atoms with Crippen molar-refractivity contribution < 1.29 is 4.39 Å². The molecule has 3 aromatic heterocycles. The SMILES string of the molecule is CNc1nccc2cc(N3CCN(Cc4ccc5nc(C6CC6)c(=O)[nH]c5c4F)CC3)cnc12. The molecule has 0 atom stereocenters. The fourth-order valence-corrected chi connectivity index (χ4v) is 4.74. The minimum absolute atomic E-state index is 0.211. The Kier molecular flexibility index (Phi) is 5.13. The summed E-state index contributed by atoms with van der Waals surface area (Å²) in [7, 11) is 1.84. The number of piperazine rings is 1. The van der Waals surface area contributed by atoms with Crippen molar-refractivity contribution in [1.82, 2.24) is 24.8 Å². The van der Waals surface area contributed by atoms with Crippen LogP contribution in [0.1, 0.15) is 30.0 Å². The average molecular weight is 460 g/mol. The van der Waals surface area contributed by atoms with Gasteiger partial charge in [-0.15, -0.1) is 0 Å². The van der Waals surface area contributed by atoms with Gasteiger partial charge in [0.1, 0.15) is 16.7 Å². The summed E-state index contributed by atoms with van der Waals surface area (Å²) in [5.74, 6) is 0.623. The quantitative estimate of drug-likeness (QED) is 0.474. The first-order chi connectivity index (χ1) is 16.6. The van der Waals surface area contributed by atoms with Crippen molar-refractivity contribution in [1.29, 1.82) is 0 Å². The highest BCUT2D eigenvalue weighted by molar-refractivity contribution is 5.89. The van der Waals surface area contributed by atoms with Crippen LogP contribution in [0.4, 0.5) is 15.9 Å². The maximum absolute atomic E-state index is 15.2. The summed E-state index contributed by atoms with van der Waals surface area (Å²) in [5, 5.41) is 4.13. The lowest BCUT2D eigenvalue weighted by Crippen LogP contribution is -2.46. The van der Waals surface area contributed by atoms with Gasteiger partial charge in [0.2, 0.25) is 0 Å². The molecule has 0 unspecified atom stereocenters. The normalized spacial score (nSPS) is 16.9. The van der Waals surface area contributed by atoms with Crippen LogP contribution in [0, 0.1) is 5.82 Å². The largest absolute Gasteiger partial charge is 0.371 e. The Morgan fingerprint density at radius 1 is 1.15 bits per heavy atom. The first kappa shape index (κ1) is 21.0. The molecule has 1 aliphatic carbocycles. The van der Waals surface area contributed by atoms with E-state index < -0.39 is 0 Å². The number of nitrogens with zero attached hydrogens (tertiary/aromatic N) is 5. The second-order valence-corrected chi connectivity index (χ2v) is 9.10. The zero-order valence-electron chi connectivity index (χ0n) is 19.0. The molecular weight excluding hydrogens is 433 g/mol. The molecule has 0 spiro atoms. The molecule has 0 radical (unpaired) electrons. The van der Waals surface area contributed by atoms with Gasteiger partial charge < -0.3 is 15.2 Å². The molecule has 4 aromatic rings. The topological polar surface area (TPSA) is 90.0 Å². The third-order valence-electron chi connectivity index (χ3n) is 6.83. The van der Waals surface area contributed by atoms with E-state index in [1.807, 2.05) is 25.4 Å². The monoisotopic (exact) mass is 459 g/mol. The number of H-pyrrole nitrogens is 1. The van der Waals surface area contributed by atoms with Crippen LogP contribution in [-0.4, -0.2) is 58.1 Å². The standard InChI is InChI=1S/C25H26FN7O/c1-27-24-21-16(6-7-28-24)12-18(13-29-21)33-10-8-32(9-11-33)14-17-4-5-19-23(20(17)26)31-25(34)22(30-19)15-2-3-15/h4-7,12-13,15H,2-3,8-11,14H2,1H3,(H,27,28)(H,31,34). The van der Waals surface area contributed by atoms with E-state index in [2.05, 4.69) is 41.1 Å². The Hall–Kier alpha value is -3.59. The molecule has 4 heterocycles. The molecule has 6 rings (SSSR count). The van der Waals surface area contributed by atoms with E-state index in [1.54, 1.807) is 12.3 Å². The van der Waals surface area contributed by atoms with Crippen LogP contribution in [0.3, 0.4) is 0 Å². The molecule has 34 heavy (non-hydrogen) atoms. The summed E-state index contributed by atoms with van der Waals surface area (Å²) >= 11 is 0. The lowest BCUT2D eigenvalue weighted by atomic mass is 10.1. The van der Waals surface area contributed by atoms with Crippen LogP contribution >= 0.6 is 0 Å². The number of hydrogen-bond acceptors (Lipinski definition) is 7. The molecule has 1 aromatic carbocycles. The van der Waals surface area contributed by atoms with Gasteiger partial charge in [-0.3, -0.25) is 14.7 Å². The minimum Gasteiger partial charge on any atom is -0.371 e. The lowest BCUT2D eigenvalue weighted by molar-refractivity contribution is 0.247. The molecular formula is C25H26FN7O. The Bertz CT molecular complexity index is 1440. The third kappa shape index (κ3) is 3.75. The van der Waals surface area contributed by atoms with E-state index in [4.69, 9.17) is 0 Å². The van der Waals surface area contributed by atoms with Gasteiger partial charge >= 0.3 is 0 Å². The van der Waals surface area contributed by atoms with Gasteiger partial charge in [0.15, 0.2) is 11.6 Å². The number of anilines is 2. The predicted molar refractivity (Wildman–Crippen MR) is 131 cm³/mol. The summed E-state index contributed by atoms with van der Waals surface area (Å²) in [6.07, 6.45) is 5.64. The van der Waals surface area contributed by atoms with Crippen LogP contribution in [0.25, 0.3) is 21.9 Å². The van der Waals surface area contributed by atoms with Gasteiger partial charge in [0.25, 0.3) is 5.56 Å². The highest BCUT2D eigenvalue weighted by Gasteiger charge is 2.28. The Morgan fingerprint density at radius 2 is 1.97 bits per heavy atom. The van der Waals surface area contributed by atoms with Gasteiger partial charge in [-0.1, -0.05) is 6.07 Å². The smallest absolute Gasteiger partial charge is 0.270 e. The highest BCUT2D eigenvalue weighted by Crippen LogP contribution is 2.37. The highest BCUT2D eigenvalue weighted by atomic mass is 19.1. The van der Waals surface area contributed by atoms with E-state index in [9.17, 15) is 4.79 Å². The van der Waals surface area contributed by atoms with E-state index in [1.165, 1.54) is 0 Å². The van der Waals surface area contributed by atoms with E-state index in [-0.39, 0.29) is 22.8 Å². The number of aromatic amines is 1. The van der Waals surface area contributed by atoms with E-state index in [0.29, 0.717) is 23.3 Å². The summed E-state index contributed by atoms with van der Waals surface area (Å²) in [4.78, 5) is 33.0. The average Bonchev–Trinajstić information content (AvgIpc) is 3.71. The molecule has 174 valence electrons. The van der Waals surface area contributed by atoms with E-state index in [0.717, 1.165) is 61.4 Å². The lowest BCUT2D eigenvalue weighted by Gasteiger charge is -2.36. The van der Waals surface area contributed by atoms with Gasteiger partial charge in [-0.25, -0.2) is 14.4 Å². The van der Waals surface area contributed by atoms with Crippen LogP contribution in [0.2, 0.25) is 0 Å². The molecule has 2 N–H and O–H groups in total. The summed E-state index contributed by atoms with van der Waals surface area (Å²) < 4.78 is 15.2. The number of hydrogen-bond donors (Lipinski definition) is 2. The van der Waals surface area contributed by atoms with Gasteiger partial charge in [-0.05, 0) is 31.0 Å². The maximum atomic E-state index is 15.2. The van der Waals surface area contributed by atoms with Gasteiger partial charge in [0.05, 0.1) is 17.4 Å². The predicted octanol–water partition coefficient (Wildman–Crippen LogP) is 3.25. The van der Waals surface area contributed by atoms with Gasteiger partial charge in [0, 0.05) is 62.8 Å². The van der Waals surface area contributed by atoms with Crippen LogP contribution < -0.4 is 15.8 Å². The van der Waals surface area contributed by atoms with Crippen molar-refractivity contribution >= 4 is 33.4 Å². The number of benzene rings is 1. The number of aromatic nitrogens is 4. The Morgan fingerprint density at radius 3 is 2.74 bits per heavy atom. The number of halogens is 1. The maximum Gasteiger partial charge on any atom is 0.270 e. The fourth-order valence-electron chi connectivity index (χ4n) is 4.74. The first-order valence-electron chi connectivity index (χ1n) is 11.7. The molecule has 2 fully saturated rings. The summed E-state index contributed by atoms with van der Waals surface area (Å²) in [6, 6.07) is 7.73. The van der Waals surface area contributed by atoms with E-state index >= 15 is 4.39 Å². The fraction of sp³-hybridized carbons (Fsp3) is 0.360. The molecule has 1 saturated carbocycles. The molecule has 2 aliphatic rings. The van der Waals surface area contributed by atoms with Crippen molar-refractivity contribution in [3.8, 4) is 0 Å². The van der Waals surface area contributed by atoms with Gasteiger partial charge in [-0.2, -0.15) is 0 Å². The number of pyridine rings is 2. The van der Waals surface area contributed by atoms with Crippen molar-refractivity contribution in [2.45, 2.75) is 25.3 Å². The zero-order valence-corrected chi connectivity index (χ0v) is 19.0. The molecule has 1 aliphatic heterocycles. The van der Waals surface area contributed by atoms with Crippen LogP contribution in [0.15, 0.2) is 41.5 Å². The van der Waals surface area contributed by atoms with Crippen LogP contribution in [0.5, 0.6) is 0 Å². The number of rotatable bonds is 5. The second-order valence-electron chi connectivity index (χ2n) is 9.10.